The lowest BCUT2D eigenvalue weighted by Gasteiger charge is -2.58. The second-order valence-corrected chi connectivity index (χ2v) is 11.5. The van der Waals surface area contributed by atoms with Crippen LogP contribution in [0.15, 0.2) is 5.11 Å². The molecule has 2 aliphatic rings. The number of nitrogens with one attached hydrogen (secondary N) is 1. The van der Waals surface area contributed by atoms with E-state index in [0.29, 0.717) is 13.0 Å². The van der Waals surface area contributed by atoms with Crippen LogP contribution >= 0.6 is 0 Å². The average Bonchev–Trinajstić information content (AvgIpc) is 2.96. The van der Waals surface area contributed by atoms with E-state index >= 15 is 0 Å². The minimum Gasteiger partial charge on any atom is -0.547 e. The number of carbonyl (C=O) groups excluding carboxylic acids is 7. The van der Waals surface area contributed by atoms with Crippen molar-refractivity contribution in [2.24, 2.45) is 5.11 Å². The Labute approximate surface area is 276 Å². The zero-order chi connectivity index (χ0) is 36.2. The van der Waals surface area contributed by atoms with Crippen molar-refractivity contribution in [1.29, 1.82) is 0 Å². The van der Waals surface area contributed by atoms with Crippen molar-refractivity contribution in [1.82, 2.24) is 10.2 Å². The maximum atomic E-state index is 13.4. The molecule has 19 heteroatoms. The Balaban J connectivity index is 2.81. The molecular formula is C29H42N5O14-. The van der Waals surface area contributed by atoms with E-state index in [-0.39, 0.29) is 32.5 Å². The predicted molar refractivity (Wildman–Crippen MR) is 157 cm³/mol. The number of nitrogens with zero attached hydrogens (tertiary/aromatic N) is 4. The lowest BCUT2D eigenvalue weighted by atomic mass is 9.69. The van der Waals surface area contributed by atoms with E-state index in [9.17, 15) is 38.7 Å². The lowest BCUT2D eigenvalue weighted by molar-refractivity contribution is -0.362. The highest BCUT2D eigenvalue weighted by atomic mass is 16.6. The first-order valence-electron chi connectivity index (χ1n) is 15.2. The highest BCUT2D eigenvalue weighted by Gasteiger charge is 2.65. The predicted octanol–water partition coefficient (Wildman–Crippen LogP) is -0.775. The summed E-state index contributed by atoms with van der Waals surface area (Å²) in [5, 5.41) is 19.5. The smallest absolute Gasteiger partial charge is 0.303 e. The summed E-state index contributed by atoms with van der Waals surface area (Å²) in [4.78, 5) is 91.9. The molecule has 0 aromatic rings. The van der Waals surface area contributed by atoms with Crippen molar-refractivity contribution in [2.45, 2.75) is 109 Å². The Kier molecular flexibility index (Phi) is 14.6. The number of aliphatic carboxylic acids is 1. The van der Waals surface area contributed by atoms with Crippen LogP contribution in [0, 0.1) is 0 Å². The van der Waals surface area contributed by atoms with Crippen LogP contribution in [0.2, 0.25) is 0 Å². The van der Waals surface area contributed by atoms with Crippen LogP contribution in [0.25, 0.3) is 10.4 Å². The molecule has 0 aliphatic carbocycles. The number of likely N-dealkylation sites (tertiary alicyclic amines) is 1. The van der Waals surface area contributed by atoms with E-state index in [1.807, 2.05) is 4.90 Å². The van der Waals surface area contributed by atoms with Gasteiger partial charge in [0, 0.05) is 85.4 Å². The van der Waals surface area contributed by atoms with Crippen molar-refractivity contribution in [2.75, 3.05) is 32.8 Å². The molecule has 0 radical (unpaired) electrons. The number of hydrogen-bond donors (Lipinski definition) is 1. The molecule has 0 unspecified atom stereocenters. The molecule has 0 bridgehead atoms. The molecular weight excluding hydrogens is 642 g/mol. The normalized spacial score (nSPS) is 24.8. The Bertz CT molecular complexity index is 1280. The number of piperidine rings is 1. The van der Waals surface area contributed by atoms with Crippen molar-refractivity contribution in [3.05, 3.63) is 10.4 Å². The zero-order valence-corrected chi connectivity index (χ0v) is 27.8. The van der Waals surface area contributed by atoms with Gasteiger partial charge in [0.2, 0.25) is 5.91 Å². The van der Waals surface area contributed by atoms with Gasteiger partial charge in [0.05, 0.1) is 12.0 Å². The van der Waals surface area contributed by atoms with Gasteiger partial charge in [0.1, 0.15) is 24.4 Å². The van der Waals surface area contributed by atoms with Gasteiger partial charge in [-0.15, -0.1) is 0 Å². The Morgan fingerprint density at radius 2 is 1.58 bits per heavy atom. The fourth-order valence-corrected chi connectivity index (χ4v) is 6.16. The minimum atomic E-state index is -2.61. The zero-order valence-electron chi connectivity index (χ0n) is 27.8. The number of ether oxygens (including phenoxy) is 6. The van der Waals surface area contributed by atoms with Gasteiger partial charge in [-0.1, -0.05) is 5.11 Å². The van der Waals surface area contributed by atoms with Crippen LogP contribution in [0.1, 0.15) is 67.2 Å². The fraction of sp³-hybridized carbons (Fsp3) is 0.759. The first kappa shape index (κ1) is 39.7. The maximum absolute atomic E-state index is 13.4. The SMILES string of the molecule is CC(=O)N[C@H]1[C@H]([C@@H](OC(C)=O)[C@@H](COC(C)=O)OC(C)=O)O[C@](C(=O)[O-])(C2(OC(C)=O)CCN(CCCN=[N+]=[N-])CC2)C[C@@H]1OC(C)=O. The summed E-state index contributed by atoms with van der Waals surface area (Å²) < 4.78 is 33.6. The third-order valence-electron chi connectivity index (χ3n) is 7.89. The summed E-state index contributed by atoms with van der Waals surface area (Å²) in [6.45, 7) is 6.63. The molecule has 1 amide bonds. The summed E-state index contributed by atoms with van der Waals surface area (Å²) in [6.07, 6.45) is -7.23. The first-order valence-corrected chi connectivity index (χ1v) is 15.2. The van der Waals surface area contributed by atoms with Crippen LogP contribution in [0.4, 0.5) is 0 Å². The summed E-state index contributed by atoms with van der Waals surface area (Å²) in [5.74, 6) is -7.02. The van der Waals surface area contributed by atoms with Gasteiger partial charge in [0.25, 0.3) is 0 Å². The molecule has 0 spiro atoms. The molecule has 268 valence electrons. The second kappa shape index (κ2) is 17.6. The molecule has 2 saturated heterocycles. The third-order valence-corrected chi connectivity index (χ3v) is 7.89. The Morgan fingerprint density at radius 1 is 0.958 bits per heavy atom. The van der Waals surface area contributed by atoms with Crippen molar-refractivity contribution in [3.8, 4) is 0 Å². The van der Waals surface area contributed by atoms with E-state index < -0.39 is 96.4 Å². The van der Waals surface area contributed by atoms with Crippen molar-refractivity contribution in [3.63, 3.8) is 0 Å². The summed E-state index contributed by atoms with van der Waals surface area (Å²) >= 11 is 0. The van der Waals surface area contributed by atoms with Crippen LogP contribution in [-0.2, 0) is 62.0 Å². The van der Waals surface area contributed by atoms with Gasteiger partial charge in [-0.2, -0.15) is 0 Å². The second-order valence-electron chi connectivity index (χ2n) is 11.5. The largest absolute Gasteiger partial charge is 0.547 e. The summed E-state index contributed by atoms with van der Waals surface area (Å²) in [6, 6.07) is -1.45. The van der Waals surface area contributed by atoms with Gasteiger partial charge in [-0.3, -0.25) is 28.8 Å². The van der Waals surface area contributed by atoms with Crippen LogP contribution in [-0.4, -0.2) is 121 Å². The number of carboxylic acid groups (broad SMARTS) is 1. The van der Waals surface area contributed by atoms with E-state index in [2.05, 4.69) is 15.3 Å². The van der Waals surface area contributed by atoms with Gasteiger partial charge >= 0.3 is 29.8 Å². The van der Waals surface area contributed by atoms with E-state index in [1.54, 1.807) is 0 Å². The number of rotatable bonds is 15. The fourth-order valence-electron chi connectivity index (χ4n) is 6.16. The molecule has 2 aliphatic heterocycles. The molecule has 2 fully saturated rings. The Morgan fingerprint density at radius 3 is 2.06 bits per heavy atom. The summed E-state index contributed by atoms with van der Waals surface area (Å²) in [5.41, 5.74) is 3.97. The number of carboxylic acids is 1. The topological polar surface area (TPSA) is 262 Å². The van der Waals surface area contributed by atoms with E-state index in [0.717, 1.165) is 41.5 Å². The minimum absolute atomic E-state index is 0.133. The molecule has 0 aromatic heterocycles. The quantitative estimate of drug-likeness (QED) is 0.0554. The number of hydrogen-bond acceptors (Lipinski definition) is 16. The molecule has 48 heavy (non-hydrogen) atoms. The molecule has 2 rings (SSSR count). The van der Waals surface area contributed by atoms with E-state index in [1.165, 1.54) is 0 Å². The lowest BCUT2D eigenvalue weighted by Crippen LogP contribution is -2.77. The highest BCUT2D eigenvalue weighted by molar-refractivity contribution is 5.80. The number of amides is 1. The number of azide groups is 1. The summed E-state index contributed by atoms with van der Waals surface area (Å²) in [7, 11) is 0. The van der Waals surface area contributed by atoms with Gasteiger partial charge in [0.15, 0.2) is 17.8 Å². The Hall–Kier alpha value is -4.48. The maximum Gasteiger partial charge on any atom is 0.303 e. The molecule has 19 nitrogen and oxygen atoms in total. The van der Waals surface area contributed by atoms with Gasteiger partial charge in [-0.25, -0.2) is 0 Å². The number of esters is 5. The van der Waals surface area contributed by atoms with Gasteiger partial charge in [-0.05, 0) is 18.5 Å². The molecule has 1 N–H and O–H groups in total. The molecule has 6 atom stereocenters. The van der Waals surface area contributed by atoms with E-state index in [4.69, 9.17) is 34.0 Å². The van der Waals surface area contributed by atoms with Gasteiger partial charge < -0.3 is 48.5 Å². The standard InChI is InChI=1S/C29H43N5O14/c1-16(35)32-24-22(44-18(3)37)14-29(27(41)42,28(47-21(6)40)8-12-34(13-9-28)11-7-10-31-33-30)48-26(24)25(46-20(5)39)23(45-19(4)38)15-43-17(2)36/h22-26H,7-15H2,1-6H3,(H,32,35)(H,41,42)/p-1/t22-,23+,24+,25-,26+,29+/m0/s1. The van der Waals surface area contributed by atoms with Crippen LogP contribution in [0.3, 0.4) is 0 Å². The average molecular weight is 685 g/mol. The van der Waals surface area contributed by atoms with Crippen LogP contribution in [0.5, 0.6) is 0 Å². The highest BCUT2D eigenvalue weighted by Crippen LogP contribution is 2.47. The third kappa shape index (κ3) is 10.5. The van der Waals surface area contributed by atoms with Crippen molar-refractivity contribution >= 4 is 41.7 Å². The van der Waals surface area contributed by atoms with Crippen molar-refractivity contribution < 1.29 is 67.1 Å². The molecule has 0 aromatic carbocycles. The monoisotopic (exact) mass is 684 g/mol. The molecule has 2 heterocycles. The first-order chi connectivity index (χ1) is 22.5. The number of carbonyl (C=O) groups is 7. The van der Waals surface area contributed by atoms with Crippen LogP contribution < -0.4 is 10.4 Å². The molecule has 0 saturated carbocycles.